The van der Waals surface area contributed by atoms with E-state index in [2.05, 4.69) is 0 Å². The molecular formula is C24H31NO6. The molecule has 0 spiro atoms. The number of esters is 1. The van der Waals surface area contributed by atoms with Gasteiger partial charge in [-0.15, -0.1) is 0 Å². The highest BCUT2D eigenvalue weighted by molar-refractivity contribution is 5.85. The van der Waals surface area contributed by atoms with Gasteiger partial charge in [-0.1, -0.05) is 24.3 Å². The number of amides is 1. The van der Waals surface area contributed by atoms with Crippen molar-refractivity contribution < 1.29 is 28.2 Å². The van der Waals surface area contributed by atoms with E-state index in [1.807, 2.05) is 63.2 Å². The normalized spacial score (nSPS) is 10.9. The third kappa shape index (κ3) is 8.20. The van der Waals surface area contributed by atoms with Crippen molar-refractivity contribution in [2.24, 2.45) is 0 Å². The lowest BCUT2D eigenvalue weighted by Gasteiger charge is -2.24. The van der Waals surface area contributed by atoms with Crippen LogP contribution in [0.5, 0.6) is 5.75 Å². The number of furan rings is 1. The van der Waals surface area contributed by atoms with Gasteiger partial charge >= 0.3 is 12.1 Å². The predicted octanol–water partition coefficient (Wildman–Crippen LogP) is 4.91. The molecule has 0 N–H and O–H groups in total. The lowest BCUT2D eigenvalue weighted by molar-refractivity contribution is -0.142. The molecule has 0 radical (unpaired) electrons. The number of ether oxygens (including phenoxy) is 3. The summed E-state index contributed by atoms with van der Waals surface area (Å²) in [6, 6.07) is 12.8. The Morgan fingerprint density at radius 3 is 2.48 bits per heavy atom. The first-order valence-electron chi connectivity index (χ1n) is 10.3. The summed E-state index contributed by atoms with van der Waals surface area (Å²) >= 11 is 0. The predicted molar refractivity (Wildman–Crippen MR) is 119 cm³/mol. The van der Waals surface area contributed by atoms with Gasteiger partial charge in [0.25, 0.3) is 0 Å². The number of hydrogen-bond donors (Lipinski definition) is 0. The lowest BCUT2D eigenvalue weighted by Crippen LogP contribution is -2.36. The summed E-state index contributed by atoms with van der Waals surface area (Å²) in [4.78, 5) is 25.3. The molecule has 0 fully saturated rings. The summed E-state index contributed by atoms with van der Waals surface area (Å²) in [6.45, 7) is 8.30. The molecule has 0 aliphatic heterocycles. The molecule has 1 aromatic heterocycles. The summed E-state index contributed by atoms with van der Waals surface area (Å²) in [5.74, 6) is 0.339. The summed E-state index contributed by atoms with van der Waals surface area (Å²) in [7, 11) is 1.67. The zero-order chi connectivity index (χ0) is 22.9. The molecule has 2 rings (SSSR count). The Balaban J connectivity index is 2.09. The maximum atomic E-state index is 12.0. The number of carbonyl (C=O) groups excluding carboxylic acids is 2. The molecule has 0 atom stereocenters. The number of nitrogens with zero attached hydrogens (tertiary/aromatic N) is 1. The van der Waals surface area contributed by atoms with E-state index in [0.29, 0.717) is 31.1 Å². The topological polar surface area (TPSA) is 78.2 Å². The molecule has 7 nitrogen and oxygen atoms in total. The Hall–Kier alpha value is -3.22. The Bertz CT molecular complexity index is 942. The van der Waals surface area contributed by atoms with Gasteiger partial charge in [0, 0.05) is 18.0 Å². The molecule has 0 saturated heterocycles. The van der Waals surface area contributed by atoms with Crippen LogP contribution in [0.25, 0.3) is 11.0 Å². The minimum Gasteiger partial charge on any atom is -0.492 e. The monoisotopic (exact) mass is 429 g/mol. The van der Waals surface area contributed by atoms with Gasteiger partial charge in [0.1, 0.15) is 23.5 Å². The lowest BCUT2D eigenvalue weighted by atomic mass is 10.1. The van der Waals surface area contributed by atoms with Gasteiger partial charge in [0.15, 0.2) is 0 Å². The zero-order valence-corrected chi connectivity index (χ0v) is 18.8. The highest BCUT2D eigenvalue weighted by atomic mass is 16.6. The van der Waals surface area contributed by atoms with Crippen LogP contribution in [-0.4, -0.2) is 49.4 Å². The fourth-order valence-corrected chi connectivity index (χ4v) is 2.66. The minimum absolute atomic E-state index is 0.144. The summed E-state index contributed by atoms with van der Waals surface area (Å²) in [5.41, 5.74) is 0.883. The number of fused-ring (bicyclic) bond motifs is 1. The largest absolute Gasteiger partial charge is 0.492 e. The van der Waals surface area contributed by atoms with E-state index in [1.165, 1.54) is 4.90 Å². The van der Waals surface area contributed by atoms with Gasteiger partial charge < -0.3 is 23.5 Å². The molecule has 2 aromatic rings. The molecule has 0 aliphatic carbocycles. The number of rotatable bonds is 7. The molecule has 1 amide bonds. The van der Waals surface area contributed by atoms with Crippen molar-refractivity contribution in [3.05, 3.63) is 54.3 Å². The molecule has 168 valence electrons. The van der Waals surface area contributed by atoms with Crippen LogP contribution in [0.15, 0.2) is 53.1 Å². The average molecular weight is 430 g/mol. The van der Waals surface area contributed by atoms with E-state index in [-0.39, 0.29) is 12.4 Å². The minimum atomic E-state index is -0.539. The van der Waals surface area contributed by atoms with Crippen molar-refractivity contribution in [2.75, 3.05) is 26.8 Å². The van der Waals surface area contributed by atoms with Crippen LogP contribution in [0.3, 0.4) is 0 Å². The molecule has 0 saturated carbocycles. The summed E-state index contributed by atoms with van der Waals surface area (Å²) in [6.07, 6.45) is 1.33. The first-order valence-corrected chi connectivity index (χ1v) is 10.3. The maximum Gasteiger partial charge on any atom is 0.410 e. The van der Waals surface area contributed by atoms with Gasteiger partial charge in [-0.25, -0.2) is 4.79 Å². The van der Waals surface area contributed by atoms with E-state index in [1.54, 1.807) is 20.2 Å². The molecule has 0 aliphatic rings. The van der Waals surface area contributed by atoms with Crippen molar-refractivity contribution in [1.82, 2.24) is 4.90 Å². The van der Waals surface area contributed by atoms with Crippen molar-refractivity contribution in [3.8, 4) is 5.75 Å². The number of hydrogen-bond acceptors (Lipinski definition) is 6. The molecule has 0 unspecified atom stereocenters. The van der Waals surface area contributed by atoms with Crippen molar-refractivity contribution in [2.45, 2.75) is 39.7 Å². The second-order valence-electron chi connectivity index (χ2n) is 7.92. The molecule has 31 heavy (non-hydrogen) atoms. The molecule has 7 heteroatoms. The van der Waals surface area contributed by atoms with E-state index in [9.17, 15) is 9.59 Å². The van der Waals surface area contributed by atoms with Crippen LogP contribution in [-0.2, 0) is 20.7 Å². The van der Waals surface area contributed by atoms with E-state index < -0.39 is 11.7 Å². The zero-order valence-electron chi connectivity index (χ0n) is 18.8. The highest BCUT2D eigenvalue weighted by Crippen LogP contribution is 2.20. The smallest absolute Gasteiger partial charge is 0.410 e. The second-order valence-corrected chi connectivity index (χ2v) is 7.92. The van der Waals surface area contributed by atoms with Crippen LogP contribution in [0.2, 0.25) is 0 Å². The first kappa shape index (κ1) is 24.1. The van der Waals surface area contributed by atoms with Gasteiger partial charge in [0.2, 0.25) is 0 Å². The van der Waals surface area contributed by atoms with Crippen LogP contribution < -0.4 is 4.74 Å². The Labute approximate surface area is 183 Å². The van der Waals surface area contributed by atoms with Gasteiger partial charge in [-0.2, -0.15) is 0 Å². The summed E-state index contributed by atoms with van der Waals surface area (Å²) in [5, 5.41) is 0.819. The molecular weight excluding hydrogens is 398 g/mol. The SMILES string of the molecule is CCOC(=O)Cc1coc2ccccc(OCCN(C)C(=O)OC(C)(C)C)cccc12. The fourth-order valence-electron chi connectivity index (χ4n) is 2.66. The Morgan fingerprint density at radius 2 is 1.77 bits per heavy atom. The standard InChI is InChI=1S/C24H31NO6/c1-6-28-22(26)16-18-17-30-21-13-8-7-10-19(11-9-12-20(18)21)29-15-14-25(5)23(27)31-24(2,3)4/h7-13,17H,6,14-16H2,1-5H3. The Morgan fingerprint density at radius 1 is 1.06 bits per heavy atom. The summed E-state index contributed by atoms with van der Waals surface area (Å²) < 4.78 is 21.8. The number of likely N-dealkylation sites (N-methyl/N-ethyl adjacent to an activating group) is 1. The number of carbonyl (C=O) groups is 2. The molecule has 1 aromatic carbocycles. The van der Waals surface area contributed by atoms with E-state index in [4.69, 9.17) is 18.6 Å². The molecule has 0 bridgehead atoms. The first-order chi connectivity index (χ1) is 14.7. The third-order valence-corrected chi connectivity index (χ3v) is 4.12. The van der Waals surface area contributed by atoms with Crippen LogP contribution in [0.1, 0.15) is 33.3 Å². The van der Waals surface area contributed by atoms with Gasteiger partial charge in [-0.3, -0.25) is 4.79 Å². The maximum absolute atomic E-state index is 12.0. The average Bonchev–Trinajstić information content (AvgIpc) is 3.05. The van der Waals surface area contributed by atoms with Crippen LogP contribution in [0, 0.1) is 0 Å². The van der Waals surface area contributed by atoms with Crippen molar-refractivity contribution in [3.63, 3.8) is 0 Å². The van der Waals surface area contributed by atoms with E-state index >= 15 is 0 Å². The van der Waals surface area contributed by atoms with Crippen molar-refractivity contribution in [1.29, 1.82) is 0 Å². The fraction of sp³-hybridized carbons (Fsp3) is 0.417. The van der Waals surface area contributed by atoms with Crippen LogP contribution in [0.4, 0.5) is 4.79 Å². The highest BCUT2D eigenvalue weighted by Gasteiger charge is 2.19. The van der Waals surface area contributed by atoms with E-state index in [0.717, 1.165) is 10.9 Å². The molecule has 1 heterocycles. The van der Waals surface area contributed by atoms with Gasteiger partial charge in [0.05, 0.1) is 25.8 Å². The Kier molecular flexibility index (Phi) is 8.73. The van der Waals surface area contributed by atoms with Gasteiger partial charge in [-0.05, 0) is 45.9 Å². The quantitative estimate of drug-likeness (QED) is 0.582. The third-order valence-electron chi connectivity index (χ3n) is 4.12. The van der Waals surface area contributed by atoms with Crippen molar-refractivity contribution >= 4 is 23.0 Å². The second kappa shape index (κ2) is 11.2. The van der Waals surface area contributed by atoms with Crippen LogP contribution >= 0.6 is 0 Å².